The summed E-state index contributed by atoms with van der Waals surface area (Å²) < 4.78 is 0. The average Bonchev–Trinajstić information content (AvgIpc) is 2.74. The normalized spacial score (nSPS) is 26.2. The van der Waals surface area contributed by atoms with Crippen molar-refractivity contribution in [1.82, 2.24) is 10.6 Å². The molecule has 3 nitrogen and oxygen atoms in total. The highest BCUT2D eigenvalue weighted by Crippen LogP contribution is 2.28. The molecule has 0 spiro atoms. The number of rotatable bonds is 6. The average molecular weight is 240 g/mol. The van der Waals surface area contributed by atoms with E-state index in [4.69, 9.17) is 0 Å². The maximum absolute atomic E-state index is 11.8. The van der Waals surface area contributed by atoms with Gasteiger partial charge in [0.1, 0.15) is 0 Å². The van der Waals surface area contributed by atoms with Crippen LogP contribution < -0.4 is 10.6 Å². The fourth-order valence-electron chi connectivity index (χ4n) is 2.78. The summed E-state index contributed by atoms with van der Waals surface area (Å²) in [5, 5.41) is 6.32. The number of carbonyl (C=O) groups is 1. The molecule has 1 saturated carbocycles. The van der Waals surface area contributed by atoms with Crippen molar-refractivity contribution >= 4 is 5.91 Å². The number of nitrogens with one attached hydrogen (secondary N) is 2. The van der Waals surface area contributed by atoms with E-state index in [1.807, 2.05) is 0 Å². The van der Waals surface area contributed by atoms with Crippen LogP contribution in [0.4, 0.5) is 0 Å². The van der Waals surface area contributed by atoms with E-state index in [9.17, 15) is 4.79 Å². The third-order valence-electron chi connectivity index (χ3n) is 3.83. The Labute approximate surface area is 106 Å². The number of hydrogen-bond donors (Lipinski definition) is 2. The molecule has 100 valence electrons. The first-order valence-electron chi connectivity index (χ1n) is 7.04. The van der Waals surface area contributed by atoms with Gasteiger partial charge in [0.2, 0.25) is 5.91 Å². The highest BCUT2D eigenvalue weighted by atomic mass is 16.2. The predicted octanol–water partition coefficient (Wildman–Crippen LogP) is 2.32. The van der Waals surface area contributed by atoms with Crippen molar-refractivity contribution in [2.75, 3.05) is 7.05 Å². The molecule has 0 radical (unpaired) electrons. The molecule has 1 fully saturated rings. The van der Waals surface area contributed by atoms with Gasteiger partial charge in [0.05, 0.1) is 6.04 Å². The van der Waals surface area contributed by atoms with Crippen molar-refractivity contribution in [2.24, 2.45) is 11.8 Å². The minimum atomic E-state index is -0.0133. The second-order valence-corrected chi connectivity index (χ2v) is 5.75. The smallest absolute Gasteiger partial charge is 0.236 e. The van der Waals surface area contributed by atoms with E-state index in [1.54, 1.807) is 7.05 Å². The molecule has 0 aliphatic heterocycles. The van der Waals surface area contributed by atoms with E-state index in [0.717, 1.165) is 12.3 Å². The van der Waals surface area contributed by atoms with Gasteiger partial charge in [-0.1, -0.05) is 27.2 Å². The second-order valence-electron chi connectivity index (χ2n) is 5.75. The molecule has 0 aromatic carbocycles. The first-order chi connectivity index (χ1) is 8.06. The lowest BCUT2D eigenvalue weighted by molar-refractivity contribution is -0.123. The van der Waals surface area contributed by atoms with E-state index < -0.39 is 0 Å². The van der Waals surface area contributed by atoms with Gasteiger partial charge >= 0.3 is 0 Å². The molecule has 1 amide bonds. The fraction of sp³-hybridized carbons (Fsp3) is 0.929. The van der Waals surface area contributed by atoms with Crippen LogP contribution in [-0.2, 0) is 4.79 Å². The largest absolute Gasteiger partial charge is 0.358 e. The van der Waals surface area contributed by atoms with Gasteiger partial charge in [0, 0.05) is 13.1 Å². The van der Waals surface area contributed by atoms with E-state index in [1.165, 1.54) is 25.7 Å². The number of hydrogen-bond acceptors (Lipinski definition) is 2. The van der Waals surface area contributed by atoms with Crippen molar-refractivity contribution in [3.8, 4) is 0 Å². The Morgan fingerprint density at radius 2 is 2.06 bits per heavy atom. The molecule has 1 aliphatic carbocycles. The Kier molecular flexibility index (Phi) is 5.96. The SMILES string of the molecule is CCC1CCC(NC(CC(C)C)C(=O)NC)C1. The van der Waals surface area contributed by atoms with Gasteiger partial charge in [-0.2, -0.15) is 0 Å². The molecule has 0 saturated heterocycles. The van der Waals surface area contributed by atoms with Crippen LogP contribution in [-0.4, -0.2) is 25.0 Å². The predicted molar refractivity (Wildman–Crippen MR) is 71.9 cm³/mol. The molecule has 0 heterocycles. The van der Waals surface area contributed by atoms with Crippen LogP contribution in [0, 0.1) is 11.8 Å². The second kappa shape index (κ2) is 7.00. The Balaban J connectivity index is 2.46. The molecule has 0 aromatic rings. The Morgan fingerprint density at radius 1 is 1.35 bits per heavy atom. The molecule has 17 heavy (non-hydrogen) atoms. The Bertz CT molecular complexity index is 240. The molecule has 3 unspecified atom stereocenters. The van der Waals surface area contributed by atoms with E-state index >= 15 is 0 Å². The van der Waals surface area contributed by atoms with E-state index in [-0.39, 0.29) is 11.9 Å². The molecule has 1 rings (SSSR count). The summed E-state index contributed by atoms with van der Waals surface area (Å²) in [4.78, 5) is 11.8. The third-order valence-corrected chi connectivity index (χ3v) is 3.83. The number of carbonyl (C=O) groups excluding carboxylic acids is 1. The van der Waals surface area contributed by atoms with Crippen LogP contribution in [0.5, 0.6) is 0 Å². The van der Waals surface area contributed by atoms with Crippen molar-refractivity contribution in [1.29, 1.82) is 0 Å². The van der Waals surface area contributed by atoms with Crippen molar-refractivity contribution in [3.63, 3.8) is 0 Å². The summed E-state index contributed by atoms with van der Waals surface area (Å²) in [5.74, 6) is 1.55. The summed E-state index contributed by atoms with van der Waals surface area (Å²) in [6.45, 7) is 6.60. The highest BCUT2D eigenvalue weighted by Gasteiger charge is 2.27. The minimum absolute atomic E-state index is 0.0133. The minimum Gasteiger partial charge on any atom is -0.358 e. The molecule has 3 atom stereocenters. The van der Waals surface area contributed by atoms with Gasteiger partial charge in [-0.15, -0.1) is 0 Å². The summed E-state index contributed by atoms with van der Waals surface area (Å²) in [7, 11) is 1.72. The van der Waals surface area contributed by atoms with Crippen LogP contribution in [0.2, 0.25) is 0 Å². The molecular weight excluding hydrogens is 212 g/mol. The van der Waals surface area contributed by atoms with Crippen LogP contribution >= 0.6 is 0 Å². The monoisotopic (exact) mass is 240 g/mol. The van der Waals surface area contributed by atoms with Gasteiger partial charge in [0.15, 0.2) is 0 Å². The van der Waals surface area contributed by atoms with Crippen LogP contribution in [0.3, 0.4) is 0 Å². The summed E-state index contributed by atoms with van der Waals surface area (Å²) in [5.41, 5.74) is 0. The molecule has 2 N–H and O–H groups in total. The van der Waals surface area contributed by atoms with Gasteiger partial charge in [-0.25, -0.2) is 0 Å². The number of amides is 1. The zero-order valence-corrected chi connectivity index (χ0v) is 11.8. The third kappa shape index (κ3) is 4.66. The number of likely N-dealkylation sites (N-methyl/N-ethyl adjacent to an activating group) is 1. The van der Waals surface area contributed by atoms with Crippen molar-refractivity contribution in [3.05, 3.63) is 0 Å². The van der Waals surface area contributed by atoms with E-state index in [2.05, 4.69) is 31.4 Å². The lowest BCUT2D eigenvalue weighted by Crippen LogP contribution is -2.47. The molecule has 0 bridgehead atoms. The van der Waals surface area contributed by atoms with Gasteiger partial charge in [0.25, 0.3) is 0 Å². The zero-order valence-electron chi connectivity index (χ0n) is 11.8. The van der Waals surface area contributed by atoms with Gasteiger partial charge in [-0.05, 0) is 37.5 Å². The highest BCUT2D eigenvalue weighted by molar-refractivity contribution is 5.81. The lowest BCUT2D eigenvalue weighted by atomic mass is 10.0. The summed E-state index contributed by atoms with van der Waals surface area (Å²) in [6.07, 6.45) is 5.97. The van der Waals surface area contributed by atoms with Gasteiger partial charge < -0.3 is 10.6 Å². The van der Waals surface area contributed by atoms with Crippen LogP contribution in [0.1, 0.15) is 52.9 Å². The van der Waals surface area contributed by atoms with Crippen LogP contribution in [0.15, 0.2) is 0 Å². The van der Waals surface area contributed by atoms with Gasteiger partial charge in [-0.3, -0.25) is 4.79 Å². The van der Waals surface area contributed by atoms with Crippen molar-refractivity contribution in [2.45, 2.75) is 65.0 Å². The fourth-order valence-corrected chi connectivity index (χ4v) is 2.78. The summed E-state index contributed by atoms with van der Waals surface area (Å²) in [6, 6.07) is 0.529. The van der Waals surface area contributed by atoms with E-state index in [0.29, 0.717) is 12.0 Å². The topological polar surface area (TPSA) is 41.1 Å². The zero-order chi connectivity index (χ0) is 12.8. The molecule has 0 aromatic heterocycles. The maximum atomic E-state index is 11.8. The molecular formula is C14H28N2O. The maximum Gasteiger partial charge on any atom is 0.236 e. The Morgan fingerprint density at radius 3 is 2.53 bits per heavy atom. The quantitative estimate of drug-likeness (QED) is 0.748. The summed E-state index contributed by atoms with van der Waals surface area (Å²) >= 11 is 0. The van der Waals surface area contributed by atoms with Crippen molar-refractivity contribution < 1.29 is 4.79 Å². The molecule has 1 aliphatic rings. The standard InChI is InChI=1S/C14H28N2O/c1-5-11-6-7-12(9-11)16-13(8-10(2)3)14(17)15-4/h10-13,16H,5-9H2,1-4H3,(H,15,17). The molecule has 3 heteroatoms. The Hall–Kier alpha value is -0.570. The lowest BCUT2D eigenvalue weighted by Gasteiger charge is -2.23. The first kappa shape index (κ1) is 14.5. The van der Waals surface area contributed by atoms with Crippen LogP contribution in [0.25, 0.3) is 0 Å². The first-order valence-corrected chi connectivity index (χ1v) is 7.04.